The standard InChI is InChI=1S/C9H6ClN3/c10-8-5-12-6-13-9(8)7-1-3-11-4-2-7/h1-6H. The van der Waals surface area contributed by atoms with Gasteiger partial charge in [-0.05, 0) is 12.1 Å². The summed E-state index contributed by atoms with van der Waals surface area (Å²) in [5.41, 5.74) is 1.68. The van der Waals surface area contributed by atoms with Crippen LogP contribution in [0.5, 0.6) is 0 Å². The third kappa shape index (κ3) is 1.65. The minimum Gasteiger partial charge on any atom is -0.265 e. The van der Waals surface area contributed by atoms with Gasteiger partial charge in [-0.1, -0.05) is 11.6 Å². The minimum atomic E-state index is 0.550. The Labute approximate surface area is 80.5 Å². The van der Waals surface area contributed by atoms with Crippen LogP contribution in [0.3, 0.4) is 0 Å². The van der Waals surface area contributed by atoms with E-state index in [0.29, 0.717) is 5.02 Å². The van der Waals surface area contributed by atoms with Gasteiger partial charge in [0.1, 0.15) is 6.33 Å². The van der Waals surface area contributed by atoms with Crippen LogP contribution >= 0.6 is 11.6 Å². The molecular weight excluding hydrogens is 186 g/mol. The summed E-state index contributed by atoms with van der Waals surface area (Å²) in [6.45, 7) is 0. The predicted molar refractivity (Wildman–Crippen MR) is 50.3 cm³/mol. The van der Waals surface area contributed by atoms with Crippen molar-refractivity contribution in [3.8, 4) is 11.3 Å². The van der Waals surface area contributed by atoms with E-state index in [0.717, 1.165) is 11.3 Å². The molecule has 64 valence electrons. The molecule has 0 aliphatic heterocycles. The van der Waals surface area contributed by atoms with Gasteiger partial charge in [-0.3, -0.25) is 4.98 Å². The van der Waals surface area contributed by atoms with E-state index in [2.05, 4.69) is 15.0 Å². The zero-order valence-electron chi connectivity index (χ0n) is 6.68. The first-order valence-electron chi connectivity index (χ1n) is 3.74. The number of aromatic nitrogens is 3. The van der Waals surface area contributed by atoms with Crippen molar-refractivity contribution < 1.29 is 0 Å². The molecule has 13 heavy (non-hydrogen) atoms. The van der Waals surface area contributed by atoms with E-state index < -0.39 is 0 Å². The van der Waals surface area contributed by atoms with Crippen LogP contribution in [0, 0.1) is 0 Å². The summed E-state index contributed by atoms with van der Waals surface area (Å²) in [6.07, 6.45) is 6.45. The second-order valence-electron chi connectivity index (χ2n) is 2.46. The molecule has 2 rings (SSSR count). The number of hydrogen-bond donors (Lipinski definition) is 0. The van der Waals surface area contributed by atoms with Crippen LogP contribution in [0.25, 0.3) is 11.3 Å². The Hall–Kier alpha value is -1.48. The van der Waals surface area contributed by atoms with Gasteiger partial charge in [0.05, 0.1) is 10.7 Å². The Kier molecular flexibility index (Phi) is 2.19. The summed E-state index contributed by atoms with van der Waals surface area (Å²) in [5, 5.41) is 0.550. The van der Waals surface area contributed by atoms with Crippen molar-refractivity contribution in [2.45, 2.75) is 0 Å². The smallest absolute Gasteiger partial charge is 0.116 e. The van der Waals surface area contributed by atoms with Crippen LogP contribution in [0.1, 0.15) is 0 Å². The molecule has 0 saturated carbocycles. The van der Waals surface area contributed by atoms with Crippen molar-refractivity contribution in [1.82, 2.24) is 15.0 Å². The normalized spacial score (nSPS) is 9.92. The maximum Gasteiger partial charge on any atom is 0.116 e. The molecule has 0 unspecified atom stereocenters. The number of nitrogens with zero attached hydrogens (tertiary/aromatic N) is 3. The van der Waals surface area contributed by atoms with Crippen LogP contribution in [0.15, 0.2) is 37.1 Å². The van der Waals surface area contributed by atoms with Crippen molar-refractivity contribution in [3.63, 3.8) is 0 Å². The lowest BCUT2D eigenvalue weighted by molar-refractivity contribution is 1.17. The number of hydrogen-bond acceptors (Lipinski definition) is 3. The second kappa shape index (κ2) is 3.49. The van der Waals surface area contributed by atoms with Crippen LogP contribution in [0.4, 0.5) is 0 Å². The topological polar surface area (TPSA) is 38.7 Å². The molecule has 0 aromatic carbocycles. The SMILES string of the molecule is Clc1cncnc1-c1ccncc1. The molecule has 2 heterocycles. The van der Waals surface area contributed by atoms with Gasteiger partial charge in [-0.15, -0.1) is 0 Å². The van der Waals surface area contributed by atoms with Gasteiger partial charge in [-0.25, -0.2) is 9.97 Å². The summed E-state index contributed by atoms with van der Waals surface area (Å²) in [6, 6.07) is 3.71. The second-order valence-corrected chi connectivity index (χ2v) is 2.86. The molecule has 0 N–H and O–H groups in total. The van der Waals surface area contributed by atoms with Gasteiger partial charge >= 0.3 is 0 Å². The molecule has 0 fully saturated rings. The maximum absolute atomic E-state index is 5.91. The number of rotatable bonds is 1. The molecular formula is C9H6ClN3. The maximum atomic E-state index is 5.91. The fourth-order valence-electron chi connectivity index (χ4n) is 1.03. The first-order valence-corrected chi connectivity index (χ1v) is 4.11. The van der Waals surface area contributed by atoms with E-state index >= 15 is 0 Å². The van der Waals surface area contributed by atoms with Gasteiger partial charge in [-0.2, -0.15) is 0 Å². The third-order valence-corrected chi connectivity index (χ3v) is 1.90. The van der Waals surface area contributed by atoms with E-state index in [1.54, 1.807) is 18.6 Å². The van der Waals surface area contributed by atoms with E-state index in [1.807, 2.05) is 12.1 Å². The molecule has 0 aliphatic carbocycles. The average Bonchev–Trinajstić information content (AvgIpc) is 2.20. The first-order chi connectivity index (χ1) is 6.38. The van der Waals surface area contributed by atoms with Crippen molar-refractivity contribution in [3.05, 3.63) is 42.1 Å². The fourth-order valence-corrected chi connectivity index (χ4v) is 1.25. The quantitative estimate of drug-likeness (QED) is 0.694. The molecule has 0 bridgehead atoms. The fraction of sp³-hybridized carbons (Fsp3) is 0. The lowest BCUT2D eigenvalue weighted by Crippen LogP contribution is -1.86. The minimum absolute atomic E-state index is 0.550. The van der Waals surface area contributed by atoms with E-state index in [9.17, 15) is 0 Å². The highest BCUT2D eigenvalue weighted by Crippen LogP contribution is 2.22. The average molecular weight is 192 g/mol. The van der Waals surface area contributed by atoms with Crippen molar-refractivity contribution in [2.24, 2.45) is 0 Å². The Bertz CT molecular complexity index is 403. The molecule has 0 saturated heterocycles. The lowest BCUT2D eigenvalue weighted by atomic mass is 10.2. The van der Waals surface area contributed by atoms with Crippen LogP contribution in [0.2, 0.25) is 5.02 Å². The van der Waals surface area contributed by atoms with Crippen LogP contribution in [-0.2, 0) is 0 Å². The van der Waals surface area contributed by atoms with Crippen molar-refractivity contribution >= 4 is 11.6 Å². The van der Waals surface area contributed by atoms with E-state index in [-0.39, 0.29) is 0 Å². The number of halogens is 1. The Morgan fingerprint density at radius 2 is 1.85 bits per heavy atom. The van der Waals surface area contributed by atoms with Gasteiger partial charge in [0.15, 0.2) is 0 Å². The predicted octanol–water partition coefficient (Wildman–Crippen LogP) is 2.19. The summed E-state index contributed by atoms with van der Waals surface area (Å²) >= 11 is 5.91. The largest absolute Gasteiger partial charge is 0.265 e. The Balaban J connectivity index is 2.54. The van der Waals surface area contributed by atoms with Gasteiger partial charge < -0.3 is 0 Å². The van der Waals surface area contributed by atoms with Crippen LogP contribution in [-0.4, -0.2) is 15.0 Å². The number of pyridine rings is 1. The van der Waals surface area contributed by atoms with Gasteiger partial charge in [0, 0.05) is 24.2 Å². The summed E-state index contributed by atoms with van der Waals surface area (Å²) in [4.78, 5) is 11.8. The lowest BCUT2D eigenvalue weighted by Gasteiger charge is -2.00. The van der Waals surface area contributed by atoms with Crippen molar-refractivity contribution in [2.75, 3.05) is 0 Å². The van der Waals surface area contributed by atoms with E-state index in [4.69, 9.17) is 11.6 Å². The molecule has 3 nitrogen and oxygen atoms in total. The molecule has 0 atom stereocenters. The van der Waals surface area contributed by atoms with Gasteiger partial charge in [0.2, 0.25) is 0 Å². The first kappa shape index (κ1) is 8.13. The van der Waals surface area contributed by atoms with Crippen LogP contribution < -0.4 is 0 Å². The molecule has 0 aliphatic rings. The highest BCUT2D eigenvalue weighted by molar-refractivity contribution is 6.32. The Morgan fingerprint density at radius 1 is 1.08 bits per heavy atom. The molecule has 0 radical (unpaired) electrons. The van der Waals surface area contributed by atoms with E-state index in [1.165, 1.54) is 6.33 Å². The summed E-state index contributed by atoms with van der Waals surface area (Å²) in [7, 11) is 0. The zero-order valence-corrected chi connectivity index (χ0v) is 7.44. The highest BCUT2D eigenvalue weighted by atomic mass is 35.5. The molecule has 2 aromatic rings. The monoisotopic (exact) mass is 191 g/mol. The Morgan fingerprint density at radius 3 is 2.54 bits per heavy atom. The summed E-state index contributed by atoms with van der Waals surface area (Å²) < 4.78 is 0. The molecule has 0 spiro atoms. The molecule has 4 heteroatoms. The highest BCUT2D eigenvalue weighted by Gasteiger charge is 2.02. The molecule has 0 amide bonds. The van der Waals surface area contributed by atoms with Crippen molar-refractivity contribution in [1.29, 1.82) is 0 Å². The third-order valence-electron chi connectivity index (χ3n) is 1.62. The van der Waals surface area contributed by atoms with Gasteiger partial charge in [0.25, 0.3) is 0 Å². The zero-order chi connectivity index (χ0) is 9.10. The molecule has 2 aromatic heterocycles. The summed E-state index contributed by atoms with van der Waals surface area (Å²) in [5.74, 6) is 0.